The van der Waals surface area contributed by atoms with Crippen LogP contribution in [-0.2, 0) is 13.6 Å². The van der Waals surface area contributed by atoms with Crippen molar-refractivity contribution < 1.29 is 4.74 Å². The molecular formula is C13H17N3O. The van der Waals surface area contributed by atoms with E-state index in [4.69, 9.17) is 4.74 Å². The van der Waals surface area contributed by atoms with Crippen molar-refractivity contribution in [1.82, 2.24) is 9.55 Å². The van der Waals surface area contributed by atoms with Gasteiger partial charge in [0.2, 0.25) is 0 Å². The maximum atomic E-state index is 5.55. The number of aromatic nitrogens is 2. The van der Waals surface area contributed by atoms with Gasteiger partial charge < -0.3 is 14.6 Å². The van der Waals surface area contributed by atoms with E-state index in [2.05, 4.69) is 10.3 Å². The van der Waals surface area contributed by atoms with Crippen LogP contribution < -0.4 is 10.1 Å². The van der Waals surface area contributed by atoms with Gasteiger partial charge in [0.15, 0.2) is 0 Å². The monoisotopic (exact) mass is 231 g/mol. The predicted molar refractivity (Wildman–Crippen MR) is 68.1 cm³/mol. The second-order valence-corrected chi connectivity index (χ2v) is 3.74. The van der Waals surface area contributed by atoms with Crippen molar-refractivity contribution in [2.45, 2.75) is 13.5 Å². The Morgan fingerprint density at radius 2 is 2.18 bits per heavy atom. The van der Waals surface area contributed by atoms with E-state index in [9.17, 15) is 0 Å². The first-order valence-electron chi connectivity index (χ1n) is 5.73. The van der Waals surface area contributed by atoms with Gasteiger partial charge in [0.1, 0.15) is 11.6 Å². The summed E-state index contributed by atoms with van der Waals surface area (Å²) in [6.07, 6.45) is 3.73. The standard InChI is InChI=1S/C13H17N3O/c1-3-17-12-7-5-4-6-11(12)15-10-13-14-8-9-16(13)2/h4-9,15H,3,10H2,1-2H3. The first kappa shape index (κ1) is 11.5. The van der Waals surface area contributed by atoms with Crippen LogP contribution in [0, 0.1) is 0 Å². The number of anilines is 1. The minimum Gasteiger partial charge on any atom is -0.492 e. The fourth-order valence-electron chi connectivity index (χ4n) is 1.64. The highest BCUT2D eigenvalue weighted by Crippen LogP contribution is 2.23. The van der Waals surface area contributed by atoms with Gasteiger partial charge in [-0.3, -0.25) is 0 Å². The lowest BCUT2D eigenvalue weighted by molar-refractivity contribution is 0.341. The Balaban J connectivity index is 2.06. The quantitative estimate of drug-likeness (QED) is 0.859. The van der Waals surface area contributed by atoms with Gasteiger partial charge in [-0.2, -0.15) is 0 Å². The Morgan fingerprint density at radius 3 is 2.88 bits per heavy atom. The van der Waals surface area contributed by atoms with E-state index < -0.39 is 0 Å². The zero-order valence-electron chi connectivity index (χ0n) is 10.2. The maximum Gasteiger partial charge on any atom is 0.142 e. The topological polar surface area (TPSA) is 39.1 Å². The minimum absolute atomic E-state index is 0.668. The Morgan fingerprint density at radius 1 is 1.35 bits per heavy atom. The molecule has 4 nitrogen and oxygen atoms in total. The van der Waals surface area contributed by atoms with Crippen LogP contribution in [0.4, 0.5) is 5.69 Å². The van der Waals surface area contributed by atoms with Crippen LogP contribution in [0.3, 0.4) is 0 Å². The molecule has 0 bridgehead atoms. The second-order valence-electron chi connectivity index (χ2n) is 3.74. The molecule has 1 heterocycles. The number of ether oxygens (including phenoxy) is 1. The van der Waals surface area contributed by atoms with Crippen molar-refractivity contribution in [2.75, 3.05) is 11.9 Å². The Labute approximate surface area is 101 Å². The number of para-hydroxylation sites is 2. The fraction of sp³-hybridized carbons (Fsp3) is 0.308. The van der Waals surface area contributed by atoms with E-state index in [1.54, 1.807) is 6.20 Å². The lowest BCUT2D eigenvalue weighted by Gasteiger charge is -2.11. The highest BCUT2D eigenvalue weighted by atomic mass is 16.5. The minimum atomic E-state index is 0.668. The van der Waals surface area contributed by atoms with E-state index in [0.29, 0.717) is 13.2 Å². The molecule has 1 aromatic heterocycles. The van der Waals surface area contributed by atoms with Crippen LogP contribution in [-0.4, -0.2) is 16.2 Å². The SMILES string of the molecule is CCOc1ccccc1NCc1nccn1C. The normalized spacial score (nSPS) is 10.2. The molecule has 0 radical (unpaired) electrons. The summed E-state index contributed by atoms with van der Waals surface area (Å²) in [5.74, 6) is 1.88. The second kappa shape index (κ2) is 5.39. The zero-order chi connectivity index (χ0) is 12.1. The number of hydrogen-bond acceptors (Lipinski definition) is 3. The highest BCUT2D eigenvalue weighted by Gasteiger charge is 2.03. The van der Waals surface area contributed by atoms with Crippen molar-refractivity contribution >= 4 is 5.69 Å². The third-order valence-corrected chi connectivity index (χ3v) is 2.54. The first-order valence-corrected chi connectivity index (χ1v) is 5.73. The molecule has 0 atom stereocenters. The fourth-order valence-corrected chi connectivity index (χ4v) is 1.64. The molecule has 1 N–H and O–H groups in total. The molecule has 4 heteroatoms. The van der Waals surface area contributed by atoms with Gasteiger partial charge in [0.25, 0.3) is 0 Å². The van der Waals surface area contributed by atoms with Crippen molar-refractivity contribution in [2.24, 2.45) is 7.05 Å². The number of hydrogen-bond donors (Lipinski definition) is 1. The summed E-state index contributed by atoms with van der Waals surface area (Å²) in [5, 5.41) is 3.33. The third-order valence-electron chi connectivity index (χ3n) is 2.54. The van der Waals surface area contributed by atoms with Gasteiger partial charge in [-0.1, -0.05) is 12.1 Å². The van der Waals surface area contributed by atoms with Crippen LogP contribution in [0.1, 0.15) is 12.7 Å². The molecule has 0 aliphatic carbocycles. The molecule has 90 valence electrons. The molecule has 0 spiro atoms. The summed E-state index contributed by atoms with van der Waals surface area (Å²) in [7, 11) is 1.98. The summed E-state index contributed by atoms with van der Waals surface area (Å²) < 4.78 is 7.54. The summed E-state index contributed by atoms with van der Waals surface area (Å²) in [6, 6.07) is 7.93. The Kier molecular flexibility index (Phi) is 3.65. The predicted octanol–water partition coefficient (Wildman–Crippen LogP) is 2.43. The van der Waals surface area contributed by atoms with Gasteiger partial charge in [-0.05, 0) is 19.1 Å². The summed E-state index contributed by atoms with van der Waals surface area (Å²) in [5.41, 5.74) is 0.998. The average molecular weight is 231 g/mol. The zero-order valence-corrected chi connectivity index (χ0v) is 10.2. The van der Waals surface area contributed by atoms with E-state index in [1.807, 2.05) is 49.0 Å². The lowest BCUT2D eigenvalue weighted by atomic mass is 10.3. The molecule has 1 aromatic carbocycles. The highest BCUT2D eigenvalue weighted by molar-refractivity contribution is 5.56. The Bertz CT molecular complexity index is 479. The molecule has 0 fully saturated rings. The van der Waals surface area contributed by atoms with Gasteiger partial charge >= 0.3 is 0 Å². The number of rotatable bonds is 5. The molecular weight excluding hydrogens is 214 g/mol. The smallest absolute Gasteiger partial charge is 0.142 e. The third kappa shape index (κ3) is 2.78. The van der Waals surface area contributed by atoms with Gasteiger partial charge in [-0.15, -0.1) is 0 Å². The molecule has 0 aliphatic heterocycles. The number of imidazole rings is 1. The lowest BCUT2D eigenvalue weighted by Crippen LogP contribution is -2.07. The van der Waals surface area contributed by atoms with E-state index in [0.717, 1.165) is 17.3 Å². The number of nitrogens with one attached hydrogen (secondary N) is 1. The van der Waals surface area contributed by atoms with Crippen molar-refractivity contribution in [3.8, 4) is 5.75 Å². The van der Waals surface area contributed by atoms with E-state index in [-0.39, 0.29) is 0 Å². The van der Waals surface area contributed by atoms with Gasteiger partial charge in [-0.25, -0.2) is 4.98 Å². The van der Waals surface area contributed by atoms with E-state index >= 15 is 0 Å². The maximum absolute atomic E-state index is 5.55. The molecule has 17 heavy (non-hydrogen) atoms. The van der Waals surface area contributed by atoms with Crippen LogP contribution in [0.25, 0.3) is 0 Å². The van der Waals surface area contributed by atoms with Crippen LogP contribution >= 0.6 is 0 Å². The van der Waals surface area contributed by atoms with Crippen molar-refractivity contribution in [3.63, 3.8) is 0 Å². The average Bonchev–Trinajstić information content (AvgIpc) is 2.74. The van der Waals surface area contributed by atoms with Gasteiger partial charge in [0, 0.05) is 19.4 Å². The molecule has 0 saturated carbocycles. The molecule has 2 aromatic rings. The Hall–Kier alpha value is -1.97. The number of benzene rings is 1. The van der Waals surface area contributed by atoms with Crippen molar-refractivity contribution in [1.29, 1.82) is 0 Å². The molecule has 0 saturated heterocycles. The molecule has 0 unspecified atom stereocenters. The summed E-state index contributed by atoms with van der Waals surface area (Å²) >= 11 is 0. The number of nitrogens with zero attached hydrogens (tertiary/aromatic N) is 2. The van der Waals surface area contributed by atoms with Crippen LogP contribution in [0.5, 0.6) is 5.75 Å². The van der Waals surface area contributed by atoms with Gasteiger partial charge in [0.05, 0.1) is 18.8 Å². The largest absolute Gasteiger partial charge is 0.492 e. The summed E-state index contributed by atoms with van der Waals surface area (Å²) in [6.45, 7) is 3.34. The first-order chi connectivity index (χ1) is 8.31. The van der Waals surface area contributed by atoms with E-state index in [1.165, 1.54) is 0 Å². The molecule has 0 aliphatic rings. The van der Waals surface area contributed by atoms with Crippen molar-refractivity contribution in [3.05, 3.63) is 42.5 Å². The number of aryl methyl sites for hydroxylation is 1. The van der Waals surface area contributed by atoms with Crippen LogP contribution in [0.2, 0.25) is 0 Å². The molecule has 2 rings (SSSR count). The van der Waals surface area contributed by atoms with Crippen LogP contribution in [0.15, 0.2) is 36.7 Å². The molecule has 0 amide bonds. The summed E-state index contributed by atoms with van der Waals surface area (Å²) in [4.78, 5) is 4.27.